The maximum Gasteiger partial charge on any atom is 0.273 e. The number of nitrogens with one attached hydrogen (secondary N) is 1. The minimum absolute atomic E-state index is 0. The summed E-state index contributed by atoms with van der Waals surface area (Å²) in [5.74, 6) is 0.0823. The van der Waals surface area contributed by atoms with E-state index in [1.54, 1.807) is 0 Å². The van der Waals surface area contributed by atoms with E-state index in [1.165, 1.54) is 19.2 Å². The van der Waals surface area contributed by atoms with Gasteiger partial charge in [-0.1, -0.05) is 5.57 Å². The predicted molar refractivity (Wildman–Crippen MR) is 102 cm³/mol. The number of non-ortho nitro benzene ring substituents is 1. The van der Waals surface area contributed by atoms with Gasteiger partial charge in [-0.2, -0.15) is 0 Å². The fraction of sp³-hybridized carbons (Fsp3) is 0.500. The van der Waals surface area contributed by atoms with E-state index in [0.717, 1.165) is 31.8 Å². The Morgan fingerprint density at radius 3 is 2.52 bits per heavy atom. The molecule has 1 aromatic rings. The van der Waals surface area contributed by atoms with E-state index in [0.29, 0.717) is 12.0 Å². The smallest absolute Gasteiger partial charge is 0.273 e. The molecule has 0 radical (unpaired) electrons. The zero-order chi connectivity index (χ0) is 17.0. The zero-order valence-electron chi connectivity index (χ0n) is 14.4. The van der Waals surface area contributed by atoms with Crippen LogP contribution in [0.3, 0.4) is 0 Å². The molecule has 0 spiro atoms. The van der Waals surface area contributed by atoms with Gasteiger partial charge >= 0.3 is 0 Å². The number of rotatable bonds is 6. The number of phenols is 1. The summed E-state index contributed by atoms with van der Waals surface area (Å²) in [4.78, 5) is 12.9. The third kappa shape index (κ3) is 5.74. The van der Waals surface area contributed by atoms with Crippen LogP contribution in [-0.4, -0.2) is 48.2 Å². The van der Waals surface area contributed by atoms with Crippen LogP contribution >= 0.6 is 24.8 Å². The molecular weight excluding hydrogens is 369 g/mol. The molecule has 0 unspecified atom stereocenters. The van der Waals surface area contributed by atoms with Crippen LogP contribution in [0.25, 0.3) is 0 Å². The second kappa shape index (κ2) is 10.5. The van der Waals surface area contributed by atoms with E-state index in [-0.39, 0.29) is 48.0 Å². The van der Waals surface area contributed by atoms with Crippen molar-refractivity contribution in [2.24, 2.45) is 0 Å². The van der Waals surface area contributed by atoms with Gasteiger partial charge in [-0.25, -0.2) is 0 Å². The van der Waals surface area contributed by atoms with Gasteiger partial charge in [0.25, 0.3) is 5.69 Å². The molecule has 9 heteroatoms. The lowest BCUT2D eigenvalue weighted by molar-refractivity contribution is -0.385. The number of nitrogens with zero attached hydrogens (tertiary/aromatic N) is 2. The van der Waals surface area contributed by atoms with Gasteiger partial charge in [0, 0.05) is 43.9 Å². The summed E-state index contributed by atoms with van der Waals surface area (Å²) in [6.45, 7) is 9.18. The van der Waals surface area contributed by atoms with Gasteiger partial charge < -0.3 is 15.2 Å². The number of ether oxygens (including phenoxy) is 1. The first-order chi connectivity index (χ1) is 10.9. The number of phenolic OH excluding ortho intramolecular Hbond substituents is 1. The molecule has 1 saturated heterocycles. The molecule has 1 atom stereocenters. The van der Waals surface area contributed by atoms with Crippen molar-refractivity contribution in [3.05, 3.63) is 40.0 Å². The quantitative estimate of drug-likeness (QED) is 0.438. The minimum Gasteiger partial charge on any atom is -0.504 e. The zero-order valence-corrected chi connectivity index (χ0v) is 16.0. The largest absolute Gasteiger partial charge is 0.504 e. The van der Waals surface area contributed by atoms with Crippen LogP contribution in [-0.2, 0) is 0 Å². The second-order valence-electron chi connectivity index (χ2n) is 5.81. The van der Waals surface area contributed by atoms with E-state index in [4.69, 9.17) is 4.74 Å². The lowest BCUT2D eigenvalue weighted by atomic mass is 9.96. The Morgan fingerprint density at radius 2 is 2.04 bits per heavy atom. The molecule has 1 aromatic carbocycles. The molecule has 2 rings (SSSR count). The number of nitro benzene ring substituents is 1. The van der Waals surface area contributed by atoms with Gasteiger partial charge in [-0.15, -0.1) is 31.4 Å². The Bertz CT molecular complexity index is 607. The Labute approximate surface area is 160 Å². The highest BCUT2D eigenvalue weighted by atomic mass is 35.5. The van der Waals surface area contributed by atoms with Crippen molar-refractivity contribution in [3.8, 4) is 11.5 Å². The van der Waals surface area contributed by atoms with Crippen molar-refractivity contribution in [2.75, 3.05) is 33.3 Å². The van der Waals surface area contributed by atoms with E-state index < -0.39 is 4.92 Å². The summed E-state index contributed by atoms with van der Waals surface area (Å²) < 4.78 is 5.11. The first-order valence-electron chi connectivity index (χ1n) is 7.58. The predicted octanol–water partition coefficient (Wildman–Crippen LogP) is 3.07. The van der Waals surface area contributed by atoms with Crippen molar-refractivity contribution in [1.82, 2.24) is 10.2 Å². The number of halogens is 2. The molecule has 0 bridgehead atoms. The lowest BCUT2D eigenvalue weighted by Gasteiger charge is -2.35. The van der Waals surface area contributed by atoms with E-state index in [2.05, 4.69) is 16.8 Å². The number of methoxy groups -OCH3 is 1. The first-order valence-corrected chi connectivity index (χ1v) is 7.58. The van der Waals surface area contributed by atoms with Crippen LogP contribution in [0.15, 0.2) is 24.3 Å². The molecule has 0 saturated carbocycles. The highest BCUT2D eigenvalue weighted by molar-refractivity contribution is 5.85. The lowest BCUT2D eigenvalue weighted by Crippen LogP contribution is -2.45. The standard InChI is InChI=1S/C16H23N3O4.2ClH/c1-11(2)8-14(18-6-4-17-5-7-18)13-9-12(19(21)22)10-15(23-3)16(13)20;;/h9-10,14,17,20H,1,4-8H2,2-3H3;2*1H/t14-;;/m0../s1. The third-order valence-corrected chi connectivity index (χ3v) is 4.01. The number of piperazine rings is 1. The topological polar surface area (TPSA) is 87.9 Å². The molecule has 7 nitrogen and oxygen atoms in total. The van der Waals surface area contributed by atoms with Crippen LogP contribution in [0.2, 0.25) is 0 Å². The summed E-state index contributed by atoms with van der Waals surface area (Å²) in [6.07, 6.45) is 0.623. The summed E-state index contributed by atoms with van der Waals surface area (Å²) in [5, 5.41) is 25.0. The number of benzene rings is 1. The molecule has 1 aliphatic heterocycles. The molecule has 0 amide bonds. The van der Waals surface area contributed by atoms with E-state index in [1.807, 2.05) is 6.92 Å². The number of hydrogen-bond donors (Lipinski definition) is 2. The van der Waals surface area contributed by atoms with Gasteiger partial charge in [0.2, 0.25) is 0 Å². The Hall–Kier alpha value is -1.54. The highest BCUT2D eigenvalue weighted by Gasteiger charge is 2.28. The van der Waals surface area contributed by atoms with Gasteiger partial charge in [-0.3, -0.25) is 15.0 Å². The Kier molecular flexibility index (Phi) is 9.81. The normalized spacial score (nSPS) is 15.4. The maximum atomic E-state index is 11.2. The van der Waals surface area contributed by atoms with Crippen LogP contribution in [0.1, 0.15) is 24.9 Å². The van der Waals surface area contributed by atoms with Gasteiger partial charge in [0.05, 0.1) is 18.1 Å². The molecule has 0 aromatic heterocycles. The molecule has 1 heterocycles. The summed E-state index contributed by atoms with van der Waals surface area (Å²) >= 11 is 0. The Balaban J connectivity index is 0.00000288. The molecule has 1 aliphatic rings. The number of aromatic hydroxyl groups is 1. The van der Waals surface area contributed by atoms with E-state index >= 15 is 0 Å². The SMILES string of the molecule is C=C(C)C[C@@H](c1cc([N+](=O)[O-])cc(OC)c1O)N1CCNCC1.Cl.Cl. The van der Waals surface area contributed by atoms with Gasteiger partial charge in [0.1, 0.15) is 0 Å². The minimum atomic E-state index is -0.471. The van der Waals surface area contributed by atoms with Crippen LogP contribution < -0.4 is 10.1 Å². The van der Waals surface area contributed by atoms with Crippen molar-refractivity contribution in [2.45, 2.75) is 19.4 Å². The second-order valence-corrected chi connectivity index (χ2v) is 5.81. The third-order valence-electron chi connectivity index (χ3n) is 4.01. The Morgan fingerprint density at radius 1 is 1.44 bits per heavy atom. The fourth-order valence-corrected chi connectivity index (χ4v) is 2.89. The van der Waals surface area contributed by atoms with Gasteiger partial charge in [-0.05, 0) is 13.3 Å². The molecule has 142 valence electrons. The van der Waals surface area contributed by atoms with Crippen LogP contribution in [0.5, 0.6) is 11.5 Å². The molecule has 2 N–H and O–H groups in total. The van der Waals surface area contributed by atoms with Crippen LogP contribution in [0, 0.1) is 10.1 Å². The molecule has 1 fully saturated rings. The van der Waals surface area contributed by atoms with E-state index in [9.17, 15) is 15.2 Å². The highest BCUT2D eigenvalue weighted by Crippen LogP contribution is 2.41. The van der Waals surface area contributed by atoms with Gasteiger partial charge in [0.15, 0.2) is 11.5 Å². The summed E-state index contributed by atoms with van der Waals surface area (Å²) in [7, 11) is 1.39. The molecular formula is C16H25Cl2N3O4. The first kappa shape index (κ1) is 23.5. The average Bonchev–Trinajstić information content (AvgIpc) is 2.53. The van der Waals surface area contributed by atoms with Crippen molar-refractivity contribution < 1.29 is 14.8 Å². The van der Waals surface area contributed by atoms with Crippen LogP contribution in [0.4, 0.5) is 5.69 Å². The molecule has 25 heavy (non-hydrogen) atoms. The summed E-state index contributed by atoms with van der Waals surface area (Å²) in [5.41, 5.74) is 1.39. The molecule has 0 aliphatic carbocycles. The fourth-order valence-electron chi connectivity index (χ4n) is 2.89. The number of nitro groups is 1. The monoisotopic (exact) mass is 393 g/mol. The average molecular weight is 394 g/mol. The van der Waals surface area contributed by atoms with Crippen molar-refractivity contribution in [1.29, 1.82) is 0 Å². The maximum absolute atomic E-state index is 11.2. The van der Waals surface area contributed by atoms with Crippen molar-refractivity contribution in [3.63, 3.8) is 0 Å². The van der Waals surface area contributed by atoms with Crippen molar-refractivity contribution >= 4 is 30.5 Å². The number of hydrogen-bond acceptors (Lipinski definition) is 6. The summed E-state index contributed by atoms with van der Waals surface area (Å²) in [6, 6.07) is 2.52.